The number of rotatable bonds is 5. The SMILES string of the molecule is C#CC(CC)NC(=O)c1cccn1CC(F)F. The minimum absolute atomic E-state index is 0.194. The highest BCUT2D eigenvalue weighted by molar-refractivity contribution is 5.93. The van der Waals surface area contributed by atoms with E-state index in [0.29, 0.717) is 6.42 Å². The molecule has 5 heteroatoms. The first kappa shape index (κ1) is 13.2. The summed E-state index contributed by atoms with van der Waals surface area (Å²) in [6.45, 7) is 1.34. The van der Waals surface area contributed by atoms with Crippen molar-refractivity contribution in [1.29, 1.82) is 0 Å². The number of halogens is 2. The standard InChI is InChI=1S/C12H14F2N2O/c1-3-9(4-2)15-12(17)10-6-5-7-16(10)8-11(13)14/h1,5-7,9,11H,4,8H2,2H3,(H,15,17). The summed E-state index contributed by atoms with van der Waals surface area (Å²) in [5.41, 5.74) is 0.194. The molecule has 1 rings (SSSR count). The van der Waals surface area contributed by atoms with Gasteiger partial charge in [-0.2, -0.15) is 0 Å². The molecule has 1 N–H and O–H groups in total. The maximum Gasteiger partial charge on any atom is 0.268 e. The molecule has 0 saturated heterocycles. The highest BCUT2D eigenvalue weighted by atomic mass is 19.3. The van der Waals surface area contributed by atoms with Gasteiger partial charge in [0.15, 0.2) is 0 Å². The molecular formula is C12H14F2N2O. The molecule has 1 aromatic rings. The van der Waals surface area contributed by atoms with Gasteiger partial charge < -0.3 is 9.88 Å². The van der Waals surface area contributed by atoms with Gasteiger partial charge in [0, 0.05) is 6.20 Å². The third kappa shape index (κ3) is 3.59. The largest absolute Gasteiger partial charge is 0.338 e. The second-order valence-corrected chi connectivity index (χ2v) is 3.54. The fraction of sp³-hybridized carbons (Fsp3) is 0.417. The molecule has 17 heavy (non-hydrogen) atoms. The third-order valence-electron chi connectivity index (χ3n) is 2.31. The zero-order valence-corrected chi connectivity index (χ0v) is 9.49. The number of nitrogens with zero attached hydrogens (tertiary/aromatic N) is 1. The van der Waals surface area contributed by atoms with Crippen LogP contribution in [0.4, 0.5) is 8.78 Å². The van der Waals surface area contributed by atoms with Gasteiger partial charge in [0.1, 0.15) is 5.69 Å². The van der Waals surface area contributed by atoms with E-state index in [1.54, 1.807) is 6.07 Å². The van der Waals surface area contributed by atoms with Gasteiger partial charge in [0.2, 0.25) is 0 Å². The highest BCUT2D eigenvalue weighted by Crippen LogP contribution is 2.07. The van der Waals surface area contributed by atoms with E-state index < -0.39 is 18.9 Å². The van der Waals surface area contributed by atoms with Crippen LogP contribution >= 0.6 is 0 Å². The molecule has 1 unspecified atom stereocenters. The lowest BCUT2D eigenvalue weighted by molar-refractivity contribution is 0.0922. The third-order valence-corrected chi connectivity index (χ3v) is 2.31. The van der Waals surface area contributed by atoms with E-state index in [1.807, 2.05) is 6.92 Å². The van der Waals surface area contributed by atoms with Gasteiger partial charge in [0.25, 0.3) is 12.3 Å². The Labute approximate surface area is 98.8 Å². The summed E-state index contributed by atoms with van der Waals surface area (Å²) in [5.74, 6) is 1.99. The number of hydrogen-bond acceptors (Lipinski definition) is 1. The Morgan fingerprint density at radius 3 is 2.88 bits per heavy atom. The van der Waals surface area contributed by atoms with Gasteiger partial charge in [-0.05, 0) is 18.6 Å². The predicted octanol–water partition coefficient (Wildman–Crippen LogP) is 1.89. The normalized spacial score (nSPS) is 12.2. The molecule has 0 bridgehead atoms. The van der Waals surface area contributed by atoms with Crippen molar-refractivity contribution in [1.82, 2.24) is 9.88 Å². The first-order valence-electron chi connectivity index (χ1n) is 5.28. The van der Waals surface area contributed by atoms with Gasteiger partial charge in [-0.25, -0.2) is 8.78 Å². The summed E-state index contributed by atoms with van der Waals surface area (Å²) in [4.78, 5) is 11.8. The summed E-state index contributed by atoms with van der Waals surface area (Å²) in [6, 6.07) is 2.66. The zero-order valence-electron chi connectivity index (χ0n) is 9.49. The van der Waals surface area contributed by atoms with Crippen LogP contribution in [0.15, 0.2) is 18.3 Å². The Morgan fingerprint density at radius 1 is 1.65 bits per heavy atom. The van der Waals surface area contributed by atoms with E-state index in [1.165, 1.54) is 16.8 Å². The maximum absolute atomic E-state index is 12.3. The van der Waals surface area contributed by atoms with E-state index in [2.05, 4.69) is 11.2 Å². The number of amides is 1. The molecule has 0 radical (unpaired) electrons. The molecule has 0 spiro atoms. The second-order valence-electron chi connectivity index (χ2n) is 3.54. The Morgan fingerprint density at radius 2 is 2.35 bits per heavy atom. The van der Waals surface area contributed by atoms with Crippen LogP contribution in [0.2, 0.25) is 0 Å². The fourth-order valence-corrected chi connectivity index (χ4v) is 1.42. The van der Waals surface area contributed by atoms with Gasteiger partial charge >= 0.3 is 0 Å². The minimum atomic E-state index is -2.50. The summed E-state index contributed by atoms with van der Waals surface area (Å²) in [7, 11) is 0. The number of carbonyl (C=O) groups excluding carboxylic acids is 1. The lowest BCUT2D eigenvalue weighted by Crippen LogP contribution is -2.34. The number of alkyl halides is 2. The molecule has 0 saturated carbocycles. The number of terminal acetylenes is 1. The van der Waals surface area contributed by atoms with Gasteiger partial charge in [-0.1, -0.05) is 12.8 Å². The second kappa shape index (κ2) is 6.04. The van der Waals surface area contributed by atoms with Gasteiger partial charge in [0.05, 0.1) is 12.6 Å². The maximum atomic E-state index is 12.3. The van der Waals surface area contributed by atoms with Crippen molar-refractivity contribution in [2.45, 2.75) is 32.4 Å². The number of carbonyl (C=O) groups is 1. The molecule has 0 aliphatic carbocycles. The Kier molecular flexibility index (Phi) is 4.70. The predicted molar refractivity (Wildman–Crippen MR) is 60.8 cm³/mol. The lowest BCUT2D eigenvalue weighted by Gasteiger charge is -2.12. The molecule has 92 valence electrons. The van der Waals surface area contributed by atoms with Crippen LogP contribution in [0.5, 0.6) is 0 Å². The molecule has 1 aromatic heterocycles. The van der Waals surface area contributed by atoms with Crippen LogP contribution in [0.3, 0.4) is 0 Å². The van der Waals surface area contributed by atoms with E-state index >= 15 is 0 Å². The van der Waals surface area contributed by atoms with Crippen molar-refractivity contribution in [2.24, 2.45) is 0 Å². The fourth-order valence-electron chi connectivity index (χ4n) is 1.42. The summed E-state index contributed by atoms with van der Waals surface area (Å²) in [5, 5.41) is 2.59. The van der Waals surface area contributed by atoms with Crippen molar-refractivity contribution in [3.05, 3.63) is 24.0 Å². The summed E-state index contributed by atoms with van der Waals surface area (Å²) < 4.78 is 25.7. The van der Waals surface area contributed by atoms with Crippen molar-refractivity contribution < 1.29 is 13.6 Å². The van der Waals surface area contributed by atoms with Gasteiger partial charge in [-0.3, -0.25) is 4.79 Å². The van der Waals surface area contributed by atoms with Crippen molar-refractivity contribution >= 4 is 5.91 Å². The Hall–Kier alpha value is -1.83. The quantitative estimate of drug-likeness (QED) is 0.783. The first-order valence-corrected chi connectivity index (χ1v) is 5.28. The molecule has 0 aromatic carbocycles. The summed E-state index contributed by atoms with van der Waals surface area (Å²) >= 11 is 0. The van der Waals surface area contributed by atoms with Crippen LogP contribution in [-0.4, -0.2) is 22.9 Å². The molecular weight excluding hydrogens is 226 g/mol. The van der Waals surface area contributed by atoms with Crippen molar-refractivity contribution in [3.63, 3.8) is 0 Å². The zero-order chi connectivity index (χ0) is 12.8. The number of aromatic nitrogens is 1. The molecule has 0 aliphatic heterocycles. The Balaban J connectivity index is 2.76. The molecule has 1 amide bonds. The van der Waals surface area contributed by atoms with E-state index in [-0.39, 0.29) is 11.7 Å². The van der Waals surface area contributed by atoms with Crippen molar-refractivity contribution in [3.8, 4) is 12.3 Å². The number of nitrogens with one attached hydrogen (secondary N) is 1. The highest BCUT2D eigenvalue weighted by Gasteiger charge is 2.15. The van der Waals surface area contributed by atoms with E-state index in [4.69, 9.17) is 6.42 Å². The smallest absolute Gasteiger partial charge is 0.268 e. The first-order chi connectivity index (χ1) is 8.08. The monoisotopic (exact) mass is 240 g/mol. The van der Waals surface area contributed by atoms with E-state index in [0.717, 1.165) is 0 Å². The number of hydrogen-bond donors (Lipinski definition) is 1. The molecule has 0 fully saturated rings. The molecule has 1 atom stereocenters. The van der Waals surface area contributed by atoms with E-state index in [9.17, 15) is 13.6 Å². The van der Waals surface area contributed by atoms with Crippen LogP contribution in [0.1, 0.15) is 23.8 Å². The molecule has 1 heterocycles. The Bertz CT molecular complexity index is 420. The van der Waals surface area contributed by atoms with Crippen LogP contribution in [0, 0.1) is 12.3 Å². The summed E-state index contributed by atoms with van der Waals surface area (Å²) in [6.07, 6.45) is 4.75. The van der Waals surface area contributed by atoms with Crippen molar-refractivity contribution in [2.75, 3.05) is 0 Å². The average Bonchev–Trinajstić information content (AvgIpc) is 2.72. The molecule has 3 nitrogen and oxygen atoms in total. The van der Waals surface area contributed by atoms with Crippen LogP contribution in [-0.2, 0) is 6.54 Å². The minimum Gasteiger partial charge on any atom is -0.338 e. The average molecular weight is 240 g/mol. The molecule has 0 aliphatic rings. The van der Waals surface area contributed by atoms with Crippen LogP contribution in [0.25, 0.3) is 0 Å². The lowest BCUT2D eigenvalue weighted by atomic mass is 10.2. The van der Waals surface area contributed by atoms with Gasteiger partial charge in [-0.15, -0.1) is 6.42 Å². The van der Waals surface area contributed by atoms with Crippen LogP contribution < -0.4 is 5.32 Å². The topological polar surface area (TPSA) is 34.0 Å².